The van der Waals surface area contributed by atoms with E-state index in [0.717, 1.165) is 0 Å². The van der Waals surface area contributed by atoms with Gasteiger partial charge in [-0.25, -0.2) is 0 Å². The molecule has 0 fully saturated rings. The number of rotatable bonds is 3. The third-order valence-electron chi connectivity index (χ3n) is 1.37. The van der Waals surface area contributed by atoms with Gasteiger partial charge in [0.2, 0.25) is 6.41 Å². The number of hydroxylamine groups is 1. The van der Waals surface area contributed by atoms with Crippen molar-refractivity contribution in [3.05, 3.63) is 24.5 Å². The van der Waals surface area contributed by atoms with Crippen LogP contribution in [0.5, 0.6) is 0 Å². The summed E-state index contributed by atoms with van der Waals surface area (Å²) >= 11 is 0. The Labute approximate surface area is 83.5 Å². The molecule has 0 aliphatic rings. The van der Waals surface area contributed by atoms with Crippen molar-refractivity contribution in [3.63, 3.8) is 0 Å². The molecule has 0 N–H and O–H groups in total. The topological polar surface area (TPSA) is 42.4 Å². The van der Waals surface area contributed by atoms with Gasteiger partial charge in [0.1, 0.15) is 0 Å². The summed E-state index contributed by atoms with van der Waals surface area (Å²) < 4.78 is 0. The van der Waals surface area contributed by atoms with Crippen molar-refractivity contribution in [3.8, 4) is 0 Å². The zero-order chi connectivity index (χ0) is 10.6. The van der Waals surface area contributed by atoms with E-state index in [4.69, 9.17) is 4.84 Å². The van der Waals surface area contributed by atoms with Gasteiger partial charge in [0.05, 0.1) is 17.5 Å². The highest BCUT2D eigenvalue weighted by atomic mass is 16.7. The first-order chi connectivity index (χ1) is 6.53. The smallest absolute Gasteiger partial charge is 0.238 e. The van der Waals surface area contributed by atoms with E-state index in [-0.39, 0.29) is 0 Å². The van der Waals surface area contributed by atoms with Crippen LogP contribution < -0.4 is 5.06 Å². The maximum absolute atomic E-state index is 10.8. The first-order valence-electron chi connectivity index (χ1n) is 4.36. The molecule has 1 aromatic heterocycles. The fourth-order valence-corrected chi connectivity index (χ4v) is 0.914. The number of carbonyl (C=O) groups is 1. The maximum Gasteiger partial charge on any atom is 0.238 e. The molecule has 0 atom stereocenters. The Hall–Kier alpha value is -1.42. The molecule has 0 spiro atoms. The number of anilines is 1. The number of hydrogen-bond donors (Lipinski definition) is 0. The molecule has 0 saturated heterocycles. The Morgan fingerprint density at radius 2 is 2.21 bits per heavy atom. The highest BCUT2D eigenvalue weighted by molar-refractivity contribution is 5.71. The van der Waals surface area contributed by atoms with Crippen LogP contribution in [0.15, 0.2) is 24.5 Å². The van der Waals surface area contributed by atoms with E-state index in [1.807, 2.05) is 20.8 Å². The quantitative estimate of drug-likeness (QED) is 0.544. The van der Waals surface area contributed by atoms with E-state index in [1.165, 1.54) is 5.06 Å². The van der Waals surface area contributed by atoms with Crippen LogP contribution in [0.25, 0.3) is 0 Å². The molecular weight excluding hydrogens is 180 g/mol. The Balaban J connectivity index is 2.78. The fraction of sp³-hybridized carbons (Fsp3) is 0.400. The number of amides is 1. The molecule has 1 aromatic rings. The number of pyridine rings is 1. The van der Waals surface area contributed by atoms with Crippen molar-refractivity contribution in [2.45, 2.75) is 26.4 Å². The minimum atomic E-state index is -0.406. The molecule has 0 saturated carbocycles. The summed E-state index contributed by atoms with van der Waals surface area (Å²) in [6.07, 6.45) is 3.84. The summed E-state index contributed by atoms with van der Waals surface area (Å²) in [4.78, 5) is 20.1. The van der Waals surface area contributed by atoms with Gasteiger partial charge in [-0.1, -0.05) is 0 Å². The molecule has 1 rings (SSSR count). The molecule has 0 bridgehead atoms. The van der Waals surface area contributed by atoms with Gasteiger partial charge in [-0.05, 0) is 32.9 Å². The summed E-state index contributed by atoms with van der Waals surface area (Å²) in [6.45, 7) is 5.62. The lowest BCUT2D eigenvalue weighted by Gasteiger charge is -2.26. The standard InChI is InChI=1S/C10H14N2O2/c1-10(2,3)14-12(8-13)9-5-4-6-11-7-9/h4-8H,1-3H3. The lowest BCUT2D eigenvalue weighted by atomic mass is 10.2. The lowest BCUT2D eigenvalue weighted by Crippen LogP contribution is -2.33. The van der Waals surface area contributed by atoms with Crippen molar-refractivity contribution < 1.29 is 9.63 Å². The van der Waals surface area contributed by atoms with Gasteiger partial charge in [-0.2, -0.15) is 5.06 Å². The molecule has 1 amide bonds. The van der Waals surface area contributed by atoms with Crippen molar-refractivity contribution in [2.75, 3.05) is 5.06 Å². The molecule has 4 heteroatoms. The molecule has 0 aromatic carbocycles. The average Bonchev–Trinajstić information content (AvgIpc) is 2.14. The molecule has 0 radical (unpaired) electrons. The second-order valence-corrected chi connectivity index (χ2v) is 3.85. The number of hydrogen-bond acceptors (Lipinski definition) is 3. The summed E-state index contributed by atoms with van der Waals surface area (Å²) in [5.41, 5.74) is 0.217. The Morgan fingerprint density at radius 1 is 1.50 bits per heavy atom. The molecule has 14 heavy (non-hydrogen) atoms. The highest BCUT2D eigenvalue weighted by Crippen LogP contribution is 2.16. The zero-order valence-electron chi connectivity index (χ0n) is 8.60. The number of nitrogens with zero attached hydrogens (tertiary/aromatic N) is 2. The molecule has 1 heterocycles. The van der Waals surface area contributed by atoms with Crippen LogP contribution in [0, 0.1) is 0 Å². The number of carbonyl (C=O) groups excluding carboxylic acids is 1. The van der Waals surface area contributed by atoms with Gasteiger partial charge in [0.25, 0.3) is 0 Å². The fourth-order valence-electron chi connectivity index (χ4n) is 0.914. The van der Waals surface area contributed by atoms with E-state index in [1.54, 1.807) is 24.5 Å². The van der Waals surface area contributed by atoms with E-state index in [9.17, 15) is 4.79 Å². The van der Waals surface area contributed by atoms with Crippen LogP contribution in [0.1, 0.15) is 20.8 Å². The molecule has 4 nitrogen and oxygen atoms in total. The highest BCUT2D eigenvalue weighted by Gasteiger charge is 2.17. The van der Waals surface area contributed by atoms with Gasteiger partial charge < -0.3 is 0 Å². The first kappa shape index (κ1) is 10.7. The third-order valence-corrected chi connectivity index (χ3v) is 1.37. The largest absolute Gasteiger partial charge is 0.276 e. The van der Waals surface area contributed by atoms with E-state index < -0.39 is 5.60 Å². The Bertz CT molecular complexity index is 293. The van der Waals surface area contributed by atoms with Gasteiger partial charge in [-0.15, -0.1) is 0 Å². The first-order valence-corrected chi connectivity index (χ1v) is 4.36. The summed E-state index contributed by atoms with van der Waals surface area (Å²) in [6, 6.07) is 3.50. The average molecular weight is 194 g/mol. The normalized spacial score (nSPS) is 11.1. The van der Waals surface area contributed by atoms with Crippen LogP contribution in [-0.2, 0) is 9.63 Å². The van der Waals surface area contributed by atoms with Gasteiger partial charge in [-0.3, -0.25) is 14.6 Å². The van der Waals surface area contributed by atoms with E-state index >= 15 is 0 Å². The van der Waals surface area contributed by atoms with Crippen molar-refractivity contribution in [2.24, 2.45) is 0 Å². The molecule has 0 aliphatic carbocycles. The van der Waals surface area contributed by atoms with Crippen LogP contribution in [0.4, 0.5) is 5.69 Å². The van der Waals surface area contributed by atoms with Crippen LogP contribution in [0.2, 0.25) is 0 Å². The third kappa shape index (κ3) is 3.14. The maximum atomic E-state index is 10.8. The summed E-state index contributed by atoms with van der Waals surface area (Å²) in [5, 5.41) is 1.17. The van der Waals surface area contributed by atoms with E-state index in [0.29, 0.717) is 12.1 Å². The minimum absolute atomic E-state index is 0.406. The Morgan fingerprint density at radius 3 is 2.64 bits per heavy atom. The molecule has 76 valence electrons. The minimum Gasteiger partial charge on any atom is -0.276 e. The second kappa shape index (κ2) is 4.19. The van der Waals surface area contributed by atoms with Crippen LogP contribution >= 0.6 is 0 Å². The number of aromatic nitrogens is 1. The second-order valence-electron chi connectivity index (χ2n) is 3.85. The molecular formula is C10H14N2O2. The van der Waals surface area contributed by atoms with Crippen molar-refractivity contribution in [1.29, 1.82) is 0 Å². The van der Waals surface area contributed by atoms with Gasteiger partial charge >= 0.3 is 0 Å². The lowest BCUT2D eigenvalue weighted by molar-refractivity contribution is -0.120. The van der Waals surface area contributed by atoms with Gasteiger partial charge in [0.15, 0.2) is 0 Å². The summed E-state index contributed by atoms with van der Waals surface area (Å²) in [7, 11) is 0. The summed E-state index contributed by atoms with van der Waals surface area (Å²) in [5.74, 6) is 0. The predicted octanol–water partition coefficient (Wildman–Crippen LogP) is 1.77. The van der Waals surface area contributed by atoms with E-state index in [2.05, 4.69) is 4.98 Å². The van der Waals surface area contributed by atoms with Crippen molar-refractivity contribution >= 4 is 12.1 Å². The van der Waals surface area contributed by atoms with Crippen LogP contribution in [-0.4, -0.2) is 17.0 Å². The Kier molecular flexibility index (Phi) is 3.19. The van der Waals surface area contributed by atoms with Crippen molar-refractivity contribution in [1.82, 2.24) is 4.98 Å². The predicted molar refractivity (Wildman–Crippen MR) is 53.6 cm³/mol. The van der Waals surface area contributed by atoms with Crippen LogP contribution in [0.3, 0.4) is 0 Å². The zero-order valence-corrected chi connectivity index (χ0v) is 8.60. The SMILES string of the molecule is CC(C)(C)ON(C=O)c1cccnc1. The monoisotopic (exact) mass is 194 g/mol. The van der Waals surface area contributed by atoms with Gasteiger partial charge in [0, 0.05) is 6.20 Å². The molecule has 0 aliphatic heterocycles. The molecule has 0 unspecified atom stereocenters.